The van der Waals surface area contributed by atoms with Crippen molar-refractivity contribution in [1.29, 1.82) is 0 Å². The summed E-state index contributed by atoms with van der Waals surface area (Å²) in [6, 6.07) is 4.48. The molecule has 1 atom stereocenters. The minimum atomic E-state index is -3.85. The number of sulfone groups is 1. The summed E-state index contributed by atoms with van der Waals surface area (Å²) < 4.78 is 80.4. The van der Waals surface area contributed by atoms with Gasteiger partial charge in [0, 0.05) is 30.7 Å². The molecule has 3 rings (SSSR count). The molecule has 0 amide bonds. The van der Waals surface area contributed by atoms with Crippen molar-refractivity contribution < 1.29 is 31.1 Å². The number of fused-ring (bicyclic) bond motifs is 1. The lowest BCUT2D eigenvalue weighted by molar-refractivity contribution is -0.0976. The first kappa shape index (κ1) is 20.8. The number of aliphatic hydroxyl groups excluding tert-OH is 1. The fraction of sp³-hybridized carbons (Fsp3) is 0.400. The van der Waals surface area contributed by atoms with Crippen molar-refractivity contribution in [2.24, 2.45) is 0 Å². The SMILES string of the molecule is CCCc1cc(F)cc(F)c1Cc1ccc(S(C)(=O)=O)c2c1CC(F)(F)C2O. The zero-order chi connectivity index (χ0) is 20.9. The average molecular weight is 416 g/mol. The molecule has 152 valence electrons. The largest absolute Gasteiger partial charge is 0.382 e. The lowest BCUT2D eigenvalue weighted by Crippen LogP contribution is -2.22. The quantitative estimate of drug-likeness (QED) is 0.746. The molecule has 0 bridgehead atoms. The highest BCUT2D eigenvalue weighted by molar-refractivity contribution is 7.90. The van der Waals surface area contributed by atoms with E-state index in [1.807, 2.05) is 6.92 Å². The number of alkyl halides is 2. The van der Waals surface area contributed by atoms with E-state index >= 15 is 0 Å². The van der Waals surface area contributed by atoms with Crippen molar-refractivity contribution in [2.75, 3.05) is 6.26 Å². The number of rotatable bonds is 5. The van der Waals surface area contributed by atoms with Crippen molar-refractivity contribution in [3.05, 3.63) is 63.7 Å². The number of hydrogen-bond acceptors (Lipinski definition) is 3. The van der Waals surface area contributed by atoms with Gasteiger partial charge in [-0.15, -0.1) is 0 Å². The molecule has 2 aromatic carbocycles. The molecule has 1 aliphatic rings. The van der Waals surface area contributed by atoms with E-state index in [0.29, 0.717) is 24.0 Å². The normalized spacial score (nSPS) is 18.3. The Hall–Kier alpha value is -1.93. The third kappa shape index (κ3) is 3.67. The van der Waals surface area contributed by atoms with Gasteiger partial charge in [-0.25, -0.2) is 26.0 Å². The fourth-order valence-electron chi connectivity index (χ4n) is 3.77. The van der Waals surface area contributed by atoms with Crippen molar-refractivity contribution in [1.82, 2.24) is 0 Å². The molecule has 2 aromatic rings. The van der Waals surface area contributed by atoms with Crippen LogP contribution in [0.15, 0.2) is 29.2 Å². The Morgan fingerprint density at radius 2 is 1.86 bits per heavy atom. The van der Waals surface area contributed by atoms with Crippen LogP contribution in [0.25, 0.3) is 0 Å². The van der Waals surface area contributed by atoms with Gasteiger partial charge in [0.25, 0.3) is 5.92 Å². The number of benzene rings is 2. The zero-order valence-electron chi connectivity index (χ0n) is 15.4. The van der Waals surface area contributed by atoms with Gasteiger partial charge in [0.05, 0.1) is 4.90 Å². The van der Waals surface area contributed by atoms with Crippen LogP contribution >= 0.6 is 0 Å². The summed E-state index contributed by atoms with van der Waals surface area (Å²) >= 11 is 0. The molecule has 0 saturated carbocycles. The standard InChI is InChI=1S/C20H20F4O3S/c1-3-4-11-7-13(21)9-16(22)14(11)8-12-5-6-17(28(2,26)27)18-15(12)10-20(23,24)19(18)25/h5-7,9,19,25H,3-4,8,10H2,1-2H3. The van der Waals surface area contributed by atoms with E-state index in [2.05, 4.69) is 0 Å². The molecular formula is C20H20F4O3S. The third-order valence-corrected chi connectivity index (χ3v) is 6.19. The molecule has 0 spiro atoms. The Kier molecular flexibility index (Phi) is 5.31. The van der Waals surface area contributed by atoms with E-state index in [1.54, 1.807) is 0 Å². The van der Waals surface area contributed by atoms with Gasteiger partial charge in [0.2, 0.25) is 0 Å². The smallest absolute Gasteiger partial charge is 0.281 e. The highest BCUT2D eigenvalue weighted by atomic mass is 32.2. The molecule has 28 heavy (non-hydrogen) atoms. The van der Waals surface area contributed by atoms with Gasteiger partial charge in [0.1, 0.15) is 17.7 Å². The van der Waals surface area contributed by atoms with Crippen molar-refractivity contribution in [3.63, 3.8) is 0 Å². The third-order valence-electron chi connectivity index (χ3n) is 5.04. The Bertz CT molecular complexity index is 1030. The molecule has 0 aromatic heterocycles. The summed E-state index contributed by atoms with van der Waals surface area (Å²) in [7, 11) is -3.85. The molecule has 0 saturated heterocycles. The van der Waals surface area contributed by atoms with E-state index < -0.39 is 39.9 Å². The second-order valence-electron chi connectivity index (χ2n) is 7.18. The van der Waals surface area contributed by atoms with Crippen LogP contribution in [-0.4, -0.2) is 25.7 Å². The molecule has 0 heterocycles. The predicted octanol–water partition coefficient (Wildman–Crippen LogP) is 4.14. The van der Waals surface area contributed by atoms with E-state index in [-0.39, 0.29) is 28.0 Å². The Balaban J connectivity index is 2.17. The van der Waals surface area contributed by atoms with Crippen LogP contribution < -0.4 is 0 Å². The monoisotopic (exact) mass is 416 g/mol. The first-order valence-electron chi connectivity index (χ1n) is 8.83. The molecule has 0 radical (unpaired) electrons. The van der Waals surface area contributed by atoms with Crippen LogP contribution in [0, 0.1) is 11.6 Å². The van der Waals surface area contributed by atoms with E-state index in [9.17, 15) is 31.1 Å². The Morgan fingerprint density at radius 3 is 2.46 bits per heavy atom. The van der Waals surface area contributed by atoms with Crippen LogP contribution in [0.3, 0.4) is 0 Å². The fourth-order valence-corrected chi connectivity index (χ4v) is 4.72. The van der Waals surface area contributed by atoms with Crippen LogP contribution in [0.1, 0.15) is 47.3 Å². The van der Waals surface area contributed by atoms with Crippen LogP contribution in [0.2, 0.25) is 0 Å². The van der Waals surface area contributed by atoms with E-state index in [4.69, 9.17) is 0 Å². The lowest BCUT2D eigenvalue weighted by atomic mass is 9.92. The highest BCUT2D eigenvalue weighted by Gasteiger charge is 2.49. The first-order valence-corrected chi connectivity index (χ1v) is 10.7. The maximum absolute atomic E-state index is 14.4. The van der Waals surface area contributed by atoms with E-state index in [1.165, 1.54) is 12.1 Å². The Labute approximate surface area is 160 Å². The molecular weight excluding hydrogens is 396 g/mol. The summed E-state index contributed by atoms with van der Waals surface area (Å²) in [4.78, 5) is -0.357. The minimum absolute atomic E-state index is 0.00611. The predicted molar refractivity (Wildman–Crippen MR) is 96.3 cm³/mol. The molecule has 1 aliphatic carbocycles. The lowest BCUT2D eigenvalue weighted by Gasteiger charge is -2.16. The Morgan fingerprint density at radius 1 is 1.18 bits per heavy atom. The zero-order valence-corrected chi connectivity index (χ0v) is 16.2. The van der Waals surface area contributed by atoms with Gasteiger partial charge in [-0.05, 0) is 40.8 Å². The average Bonchev–Trinajstić information content (AvgIpc) is 2.80. The van der Waals surface area contributed by atoms with Gasteiger partial charge < -0.3 is 5.11 Å². The summed E-state index contributed by atoms with van der Waals surface area (Å²) in [5.41, 5.74) is 0.589. The maximum atomic E-state index is 14.4. The summed E-state index contributed by atoms with van der Waals surface area (Å²) in [5, 5.41) is 10.0. The van der Waals surface area contributed by atoms with Crippen LogP contribution in [0.4, 0.5) is 17.6 Å². The molecule has 1 unspecified atom stereocenters. The number of hydrogen-bond donors (Lipinski definition) is 1. The summed E-state index contributed by atoms with van der Waals surface area (Å²) in [6.07, 6.45) is -1.26. The molecule has 0 aliphatic heterocycles. The molecule has 1 N–H and O–H groups in total. The maximum Gasteiger partial charge on any atom is 0.281 e. The van der Waals surface area contributed by atoms with Gasteiger partial charge in [-0.1, -0.05) is 19.4 Å². The van der Waals surface area contributed by atoms with Crippen LogP contribution in [0.5, 0.6) is 0 Å². The van der Waals surface area contributed by atoms with Gasteiger partial charge in [-0.3, -0.25) is 0 Å². The number of aryl methyl sites for hydroxylation is 1. The first-order chi connectivity index (χ1) is 13.0. The summed E-state index contributed by atoms with van der Waals surface area (Å²) in [6.45, 7) is 1.85. The van der Waals surface area contributed by atoms with Crippen LogP contribution in [-0.2, 0) is 29.1 Å². The second-order valence-corrected chi connectivity index (χ2v) is 9.16. The molecule has 8 heteroatoms. The number of aliphatic hydroxyl groups is 1. The van der Waals surface area contributed by atoms with Gasteiger partial charge in [0.15, 0.2) is 9.84 Å². The highest BCUT2D eigenvalue weighted by Crippen LogP contribution is 2.47. The van der Waals surface area contributed by atoms with Crippen molar-refractivity contribution in [3.8, 4) is 0 Å². The molecule has 3 nitrogen and oxygen atoms in total. The topological polar surface area (TPSA) is 54.4 Å². The van der Waals surface area contributed by atoms with Crippen molar-refractivity contribution >= 4 is 9.84 Å². The minimum Gasteiger partial charge on any atom is -0.382 e. The van der Waals surface area contributed by atoms with E-state index in [0.717, 1.165) is 18.4 Å². The van der Waals surface area contributed by atoms with Gasteiger partial charge in [-0.2, -0.15) is 0 Å². The van der Waals surface area contributed by atoms with Crippen molar-refractivity contribution in [2.45, 2.75) is 49.5 Å². The molecule has 0 fully saturated rings. The second kappa shape index (κ2) is 7.15. The van der Waals surface area contributed by atoms with Gasteiger partial charge >= 0.3 is 0 Å². The number of halogens is 4. The summed E-state index contributed by atoms with van der Waals surface area (Å²) in [5.74, 6) is -5.02.